The molecule has 4 nitrogen and oxygen atoms in total. The molecule has 36 heavy (non-hydrogen) atoms. The third-order valence-electron chi connectivity index (χ3n) is 4.64. The van der Waals surface area contributed by atoms with E-state index in [0.717, 1.165) is 30.3 Å². The van der Waals surface area contributed by atoms with Crippen LogP contribution >= 0.6 is 23.2 Å². The van der Waals surface area contributed by atoms with Crippen LogP contribution in [0.3, 0.4) is 0 Å². The Morgan fingerprint density at radius 2 is 1.14 bits per heavy atom. The number of alkyl halides is 6. The largest absolute Gasteiger partial charge is 0.416 e. The lowest BCUT2D eigenvalue weighted by atomic mass is 10.1. The Bertz CT molecular complexity index is 1260. The minimum atomic E-state index is -4.68. The van der Waals surface area contributed by atoms with E-state index in [2.05, 4.69) is 10.6 Å². The molecule has 0 saturated heterocycles. The van der Waals surface area contributed by atoms with E-state index < -0.39 is 40.9 Å². The van der Waals surface area contributed by atoms with Crippen molar-refractivity contribution >= 4 is 52.5 Å². The lowest BCUT2D eigenvalue weighted by molar-refractivity contribution is -0.138. The zero-order chi connectivity index (χ0) is 26.7. The normalized spacial score (nSPS) is 11.6. The van der Waals surface area contributed by atoms with Gasteiger partial charge >= 0.3 is 12.4 Å². The maximum Gasteiger partial charge on any atom is 0.416 e. The molecule has 2 amide bonds. The predicted molar refractivity (Wildman–Crippen MR) is 125 cm³/mol. The van der Waals surface area contributed by atoms with Crippen molar-refractivity contribution in [1.29, 1.82) is 0 Å². The van der Waals surface area contributed by atoms with Crippen molar-refractivity contribution in [1.82, 2.24) is 0 Å². The Morgan fingerprint density at radius 1 is 0.667 bits per heavy atom. The van der Waals surface area contributed by atoms with Gasteiger partial charge in [0.25, 0.3) is 11.8 Å². The van der Waals surface area contributed by atoms with Crippen LogP contribution in [-0.4, -0.2) is 11.8 Å². The third-order valence-corrected chi connectivity index (χ3v) is 5.38. The van der Waals surface area contributed by atoms with Crippen molar-refractivity contribution in [2.75, 3.05) is 10.6 Å². The molecule has 0 spiro atoms. The highest BCUT2D eigenvalue weighted by Crippen LogP contribution is 2.32. The Balaban J connectivity index is 1.96. The zero-order valence-electron chi connectivity index (χ0n) is 17.8. The smallest absolute Gasteiger partial charge is 0.322 e. The second-order valence-electron chi connectivity index (χ2n) is 7.30. The summed E-state index contributed by atoms with van der Waals surface area (Å²) in [6, 6.07) is 11.5. The molecule has 3 aromatic carbocycles. The SMILES string of the molecule is O=C(Nc1cccc(C(F)(F)F)c1)C(=Cc1ccc(Cl)c(Cl)c1)C(=O)Nc1cccc(C(F)(F)F)c1. The number of carbonyl (C=O) groups excluding carboxylic acids is 2. The standard InChI is InChI=1S/C24H14Cl2F6N2O2/c25-19-8-7-13(10-20(19)26)9-18(21(35)33-16-5-1-3-14(11-16)23(27,28)29)22(36)34-17-6-2-4-15(12-17)24(30,31)32/h1-12H,(H,33,35)(H,34,36). The van der Waals surface area contributed by atoms with Gasteiger partial charge in [-0.1, -0.05) is 41.4 Å². The number of amides is 2. The summed E-state index contributed by atoms with van der Waals surface area (Å²) in [5.74, 6) is -2.24. The first-order chi connectivity index (χ1) is 16.7. The second kappa shape index (κ2) is 10.6. The molecule has 12 heteroatoms. The molecule has 2 N–H and O–H groups in total. The Kier molecular flexibility index (Phi) is 8.00. The number of benzene rings is 3. The van der Waals surface area contributed by atoms with Gasteiger partial charge in [0, 0.05) is 11.4 Å². The molecular formula is C24H14Cl2F6N2O2. The van der Waals surface area contributed by atoms with Crippen LogP contribution < -0.4 is 10.6 Å². The lowest BCUT2D eigenvalue weighted by Gasteiger charge is -2.13. The number of carbonyl (C=O) groups is 2. The number of rotatable bonds is 5. The van der Waals surface area contributed by atoms with Crippen LogP contribution in [0.5, 0.6) is 0 Å². The minimum Gasteiger partial charge on any atom is -0.322 e. The average molecular weight is 547 g/mol. The summed E-state index contributed by atoms with van der Waals surface area (Å²) in [6.45, 7) is 0. The highest BCUT2D eigenvalue weighted by atomic mass is 35.5. The molecule has 0 radical (unpaired) electrons. The summed E-state index contributed by atoms with van der Waals surface area (Å²) in [5, 5.41) is 4.65. The Labute approximate surface area is 210 Å². The Morgan fingerprint density at radius 3 is 1.56 bits per heavy atom. The van der Waals surface area contributed by atoms with Crippen LogP contribution in [0.1, 0.15) is 16.7 Å². The van der Waals surface area contributed by atoms with E-state index >= 15 is 0 Å². The van der Waals surface area contributed by atoms with Crippen molar-refractivity contribution in [3.63, 3.8) is 0 Å². The number of halogens is 8. The molecule has 0 aromatic heterocycles. The fraction of sp³-hybridized carbons (Fsp3) is 0.0833. The van der Waals surface area contributed by atoms with E-state index in [1.165, 1.54) is 30.3 Å². The van der Waals surface area contributed by atoms with Crippen molar-refractivity contribution < 1.29 is 35.9 Å². The van der Waals surface area contributed by atoms with Crippen LogP contribution in [0.15, 0.2) is 72.3 Å². The predicted octanol–water partition coefficient (Wildman–Crippen LogP) is 7.69. The number of hydrogen-bond donors (Lipinski definition) is 2. The quantitative estimate of drug-likeness (QED) is 0.149. The first-order valence-corrected chi connectivity index (χ1v) is 10.6. The number of anilines is 2. The molecule has 0 saturated carbocycles. The van der Waals surface area contributed by atoms with Crippen molar-refractivity contribution in [3.05, 3.63) is 99.0 Å². The van der Waals surface area contributed by atoms with Gasteiger partial charge in [-0.25, -0.2) is 0 Å². The highest BCUT2D eigenvalue weighted by molar-refractivity contribution is 6.42. The third kappa shape index (κ3) is 7.02. The summed E-state index contributed by atoms with van der Waals surface area (Å²) in [4.78, 5) is 25.9. The van der Waals surface area contributed by atoms with Crippen molar-refractivity contribution in [3.8, 4) is 0 Å². The summed E-state index contributed by atoms with van der Waals surface area (Å²) in [6.07, 6.45) is -8.30. The molecule has 0 atom stereocenters. The topological polar surface area (TPSA) is 58.2 Å². The van der Waals surface area contributed by atoms with E-state index in [0.29, 0.717) is 12.1 Å². The minimum absolute atomic E-state index is 0.0846. The van der Waals surface area contributed by atoms with E-state index in [1.807, 2.05) is 0 Å². The van der Waals surface area contributed by atoms with Gasteiger partial charge in [0.05, 0.1) is 21.2 Å². The molecule has 3 rings (SSSR count). The zero-order valence-corrected chi connectivity index (χ0v) is 19.3. The van der Waals surface area contributed by atoms with E-state index in [1.54, 1.807) is 0 Å². The molecule has 0 aliphatic rings. The van der Waals surface area contributed by atoms with Crippen LogP contribution in [0.4, 0.5) is 37.7 Å². The average Bonchev–Trinajstić information content (AvgIpc) is 2.79. The van der Waals surface area contributed by atoms with E-state index in [9.17, 15) is 35.9 Å². The van der Waals surface area contributed by atoms with Gasteiger partial charge in [-0.3, -0.25) is 9.59 Å². The molecule has 188 valence electrons. The number of hydrogen-bond acceptors (Lipinski definition) is 2. The molecule has 0 unspecified atom stereocenters. The highest BCUT2D eigenvalue weighted by Gasteiger charge is 2.32. The van der Waals surface area contributed by atoms with Gasteiger partial charge in [-0.15, -0.1) is 0 Å². The Hall–Kier alpha value is -3.50. The molecule has 0 heterocycles. The van der Waals surface area contributed by atoms with Crippen LogP contribution in [0.2, 0.25) is 10.0 Å². The van der Waals surface area contributed by atoms with Crippen molar-refractivity contribution in [2.45, 2.75) is 12.4 Å². The van der Waals surface area contributed by atoms with Crippen molar-refractivity contribution in [2.24, 2.45) is 0 Å². The van der Waals surface area contributed by atoms with Gasteiger partial charge in [-0.05, 0) is 60.2 Å². The maximum absolute atomic E-state index is 13.0. The summed E-state index contributed by atoms with van der Waals surface area (Å²) >= 11 is 11.8. The van der Waals surface area contributed by atoms with Gasteiger partial charge in [0.1, 0.15) is 5.57 Å². The lowest BCUT2D eigenvalue weighted by Crippen LogP contribution is -2.25. The first kappa shape index (κ1) is 27.1. The molecule has 0 fully saturated rings. The number of nitrogens with one attached hydrogen (secondary N) is 2. The molecule has 0 bridgehead atoms. The molecule has 0 aliphatic heterocycles. The van der Waals surface area contributed by atoms with Crippen LogP contribution in [0.25, 0.3) is 6.08 Å². The summed E-state index contributed by atoms with van der Waals surface area (Å²) < 4.78 is 78.1. The van der Waals surface area contributed by atoms with Gasteiger partial charge in [-0.2, -0.15) is 26.3 Å². The first-order valence-electron chi connectivity index (χ1n) is 9.88. The summed E-state index contributed by atoms with van der Waals surface area (Å²) in [5.41, 5.74) is -3.00. The van der Waals surface area contributed by atoms with Gasteiger partial charge in [0.15, 0.2) is 0 Å². The van der Waals surface area contributed by atoms with E-state index in [-0.39, 0.29) is 27.0 Å². The van der Waals surface area contributed by atoms with E-state index in [4.69, 9.17) is 23.2 Å². The molecule has 0 aliphatic carbocycles. The monoisotopic (exact) mass is 546 g/mol. The maximum atomic E-state index is 13.0. The van der Waals surface area contributed by atoms with Crippen LogP contribution in [-0.2, 0) is 21.9 Å². The fourth-order valence-corrected chi connectivity index (χ4v) is 3.25. The molecule has 3 aromatic rings. The van der Waals surface area contributed by atoms with Gasteiger partial charge in [0.2, 0.25) is 0 Å². The second-order valence-corrected chi connectivity index (χ2v) is 8.11. The molecular weight excluding hydrogens is 533 g/mol. The fourth-order valence-electron chi connectivity index (χ4n) is 2.95. The van der Waals surface area contributed by atoms with Crippen LogP contribution in [0, 0.1) is 0 Å². The summed E-state index contributed by atoms with van der Waals surface area (Å²) in [7, 11) is 0. The van der Waals surface area contributed by atoms with Gasteiger partial charge < -0.3 is 10.6 Å².